The molecule has 0 aromatic heterocycles. The van der Waals surface area contributed by atoms with Crippen LogP contribution in [0.4, 0.5) is 8.78 Å². The summed E-state index contributed by atoms with van der Waals surface area (Å²) >= 11 is 0. The van der Waals surface area contributed by atoms with E-state index in [4.69, 9.17) is 4.74 Å². The first kappa shape index (κ1) is 23.0. The van der Waals surface area contributed by atoms with Gasteiger partial charge in [-0.2, -0.15) is 8.78 Å². The lowest BCUT2D eigenvalue weighted by atomic mass is 9.86. The van der Waals surface area contributed by atoms with Gasteiger partial charge in [-0.25, -0.2) is 0 Å². The standard InChI is InChI=1S/C28H29F2NO2/c1-17-15-23(31-26(32)22-9-6-10-24(25(17)22)33-27(29)30)20-8-5-7-19(16-20)18-11-13-21(14-12-18)28(2,3)4/h5-14,16-17,23,27H,15H2,1-4H3,(H,31,32). The summed E-state index contributed by atoms with van der Waals surface area (Å²) in [5, 5.41) is 3.09. The highest BCUT2D eigenvalue weighted by Gasteiger charge is 2.30. The van der Waals surface area contributed by atoms with Crippen LogP contribution in [0.5, 0.6) is 5.75 Å². The van der Waals surface area contributed by atoms with Crippen LogP contribution in [0.15, 0.2) is 66.7 Å². The van der Waals surface area contributed by atoms with Gasteiger partial charge in [0.05, 0.1) is 6.04 Å². The molecule has 0 aliphatic carbocycles. The maximum absolute atomic E-state index is 13.0. The number of rotatable bonds is 4. The van der Waals surface area contributed by atoms with Gasteiger partial charge in [-0.05, 0) is 58.2 Å². The minimum atomic E-state index is -2.94. The van der Waals surface area contributed by atoms with Gasteiger partial charge >= 0.3 is 6.61 Å². The van der Waals surface area contributed by atoms with E-state index in [1.54, 1.807) is 12.1 Å². The Morgan fingerprint density at radius 3 is 2.33 bits per heavy atom. The number of amides is 1. The van der Waals surface area contributed by atoms with Gasteiger partial charge in [0.25, 0.3) is 5.91 Å². The molecule has 4 rings (SSSR count). The Hall–Kier alpha value is -3.21. The van der Waals surface area contributed by atoms with Crippen LogP contribution in [0.2, 0.25) is 0 Å². The van der Waals surface area contributed by atoms with E-state index in [0.29, 0.717) is 17.5 Å². The molecule has 1 amide bonds. The molecule has 1 heterocycles. The highest BCUT2D eigenvalue weighted by molar-refractivity contribution is 5.97. The summed E-state index contributed by atoms with van der Waals surface area (Å²) in [6, 6.07) is 21.2. The maximum atomic E-state index is 13.0. The van der Waals surface area contributed by atoms with Crippen LogP contribution < -0.4 is 10.1 Å². The normalized spacial score (nSPS) is 18.5. The number of alkyl halides is 2. The molecule has 5 heteroatoms. The smallest absolute Gasteiger partial charge is 0.387 e. The number of halogens is 2. The van der Waals surface area contributed by atoms with E-state index in [1.807, 2.05) is 19.1 Å². The highest BCUT2D eigenvalue weighted by atomic mass is 19.3. The van der Waals surface area contributed by atoms with E-state index in [-0.39, 0.29) is 29.0 Å². The molecule has 1 N–H and O–H groups in total. The van der Waals surface area contributed by atoms with E-state index < -0.39 is 6.61 Å². The van der Waals surface area contributed by atoms with Crippen molar-refractivity contribution in [2.75, 3.05) is 0 Å². The van der Waals surface area contributed by atoms with Crippen molar-refractivity contribution in [2.24, 2.45) is 0 Å². The lowest BCUT2D eigenvalue weighted by Crippen LogP contribution is -2.27. The van der Waals surface area contributed by atoms with Crippen molar-refractivity contribution in [2.45, 2.75) is 58.1 Å². The summed E-state index contributed by atoms with van der Waals surface area (Å²) in [5.74, 6) is -0.355. The van der Waals surface area contributed by atoms with Crippen LogP contribution in [0.3, 0.4) is 0 Å². The average molecular weight is 450 g/mol. The fourth-order valence-electron chi connectivity index (χ4n) is 4.53. The molecule has 172 valence electrons. The van der Waals surface area contributed by atoms with E-state index in [2.05, 4.69) is 62.5 Å². The number of benzene rings is 3. The monoisotopic (exact) mass is 449 g/mol. The molecule has 33 heavy (non-hydrogen) atoms. The third-order valence-electron chi connectivity index (χ3n) is 6.29. The Bertz CT molecular complexity index is 1150. The Kier molecular flexibility index (Phi) is 6.24. The largest absolute Gasteiger partial charge is 0.435 e. The third kappa shape index (κ3) is 4.92. The van der Waals surface area contributed by atoms with Crippen LogP contribution >= 0.6 is 0 Å². The molecule has 2 unspecified atom stereocenters. The first-order chi connectivity index (χ1) is 15.6. The second kappa shape index (κ2) is 8.97. The van der Waals surface area contributed by atoms with Gasteiger partial charge in [-0.1, -0.05) is 76.2 Å². The Morgan fingerprint density at radius 1 is 0.970 bits per heavy atom. The zero-order valence-electron chi connectivity index (χ0n) is 19.4. The molecule has 0 saturated heterocycles. The molecule has 0 bridgehead atoms. The molecule has 2 atom stereocenters. The van der Waals surface area contributed by atoms with Crippen LogP contribution in [0.1, 0.15) is 73.1 Å². The SMILES string of the molecule is CC1CC(c2cccc(-c3ccc(C(C)(C)C)cc3)c2)NC(=O)c2cccc(OC(F)F)c21. The summed E-state index contributed by atoms with van der Waals surface area (Å²) in [4.78, 5) is 13.0. The molecule has 3 nitrogen and oxygen atoms in total. The maximum Gasteiger partial charge on any atom is 0.387 e. The second-order valence-corrected chi connectivity index (χ2v) is 9.71. The zero-order valence-corrected chi connectivity index (χ0v) is 19.4. The van der Waals surface area contributed by atoms with E-state index in [1.165, 1.54) is 11.6 Å². The number of carbonyl (C=O) groups is 1. The van der Waals surface area contributed by atoms with E-state index in [0.717, 1.165) is 16.7 Å². The molecular weight excluding hydrogens is 420 g/mol. The van der Waals surface area contributed by atoms with Crippen molar-refractivity contribution in [1.82, 2.24) is 5.32 Å². The van der Waals surface area contributed by atoms with Gasteiger partial charge in [0.15, 0.2) is 0 Å². The Labute approximate surface area is 193 Å². The van der Waals surface area contributed by atoms with Crippen molar-refractivity contribution in [3.8, 4) is 16.9 Å². The van der Waals surface area contributed by atoms with Crippen LogP contribution in [0.25, 0.3) is 11.1 Å². The molecule has 0 fully saturated rings. The lowest BCUT2D eigenvalue weighted by molar-refractivity contribution is -0.0506. The number of carbonyl (C=O) groups excluding carboxylic acids is 1. The Morgan fingerprint density at radius 2 is 1.67 bits per heavy atom. The topological polar surface area (TPSA) is 38.3 Å². The molecule has 1 aliphatic heterocycles. The van der Waals surface area contributed by atoms with Gasteiger partial charge in [0.2, 0.25) is 0 Å². The fourth-order valence-corrected chi connectivity index (χ4v) is 4.53. The number of ether oxygens (including phenoxy) is 1. The van der Waals surface area contributed by atoms with Crippen molar-refractivity contribution in [3.05, 3.63) is 89.0 Å². The quantitative estimate of drug-likeness (QED) is 0.456. The van der Waals surface area contributed by atoms with Crippen molar-refractivity contribution >= 4 is 5.91 Å². The second-order valence-electron chi connectivity index (χ2n) is 9.71. The number of hydrogen-bond donors (Lipinski definition) is 1. The molecule has 1 aliphatic rings. The van der Waals surface area contributed by atoms with E-state index in [9.17, 15) is 13.6 Å². The van der Waals surface area contributed by atoms with Gasteiger partial charge < -0.3 is 10.1 Å². The fraction of sp³-hybridized carbons (Fsp3) is 0.321. The van der Waals surface area contributed by atoms with Crippen LogP contribution in [-0.2, 0) is 5.41 Å². The van der Waals surface area contributed by atoms with Gasteiger partial charge in [0, 0.05) is 11.1 Å². The molecule has 0 radical (unpaired) electrons. The predicted molar refractivity (Wildman–Crippen MR) is 127 cm³/mol. The molecular formula is C28H29F2NO2. The summed E-state index contributed by atoms with van der Waals surface area (Å²) in [6.45, 7) is 5.57. The number of hydrogen-bond acceptors (Lipinski definition) is 2. The predicted octanol–water partition coefficient (Wildman–Crippen LogP) is 7.23. The lowest BCUT2D eigenvalue weighted by Gasteiger charge is -2.21. The van der Waals surface area contributed by atoms with E-state index >= 15 is 0 Å². The minimum Gasteiger partial charge on any atom is -0.435 e. The first-order valence-corrected chi connectivity index (χ1v) is 11.2. The number of nitrogens with one attached hydrogen (secondary N) is 1. The molecule has 3 aromatic carbocycles. The summed E-state index contributed by atoms with van der Waals surface area (Å²) in [7, 11) is 0. The van der Waals surface area contributed by atoms with Gasteiger partial charge in [-0.15, -0.1) is 0 Å². The highest BCUT2D eigenvalue weighted by Crippen LogP contribution is 2.39. The molecule has 0 spiro atoms. The van der Waals surface area contributed by atoms with Crippen molar-refractivity contribution < 1.29 is 18.3 Å². The van der Waals surface area contributed by atoms with Crippen LogP contribution in [-0.4, -0.2) is 12.5 Å². The molecule has 0 saturated carbocycles. The number of fused-ring (bicyclic) bond motifs is 1. The average Bonchev–Trinajstić information content (AvgIpc) is 2.90. The third-order valence-corrected chi connectivity index (χ3v) is 6.29. The van der Waals surface area contributed by atoms with Crippen LogP contribution in [0, 0.1) is 0 Å². The summed E-state index contributed by atoms with van der Waals surface area (Å²) in [5.41, 5.74) is 5.43. The van der Waals surface area contributed by atoms with Gasteiger partial charge in [0.1, 0.15) is 5.75 Å². The Balaban J connectivity index is 1.64. The summed E-state index contributed by atoms with van der Waals surface area (Å²) in [6.07, 6.45) is 0.578. The molecule has 3 aromatic rings. The van der Waals surface area contributed by atoms with Crippen molar-refractivity contribution in [3.63, 3.8) is 0 Å². The summed E-state index contributed by atoms with van der Waals surface area (Å²) < 4.78 is 30.6. The minimum absolute atomic E-state index is 0.0680. The zero-order chi connectivity index (χ0) is 23.8. The first-order valence-electron chi connectivity index (χ1n) is 11.2. The van der Waals surface area contributed by atoms with Crippen molar-refractivity contribution in [1.29, 1.82) is 0 Å². The van der Waals surface area contributed by atoms with Gasteiger partial charge in [-0.3, -0.25) is 4.79 Å².